The Kier molecular flexibility index (Phi) is 7.19. The summed E-state index contributed by atoms with van der Waals surface area (Å²) < 4.78 is 22.7. The summed E-state index contributed by atoms with van der Waals surface area (Å²) in [4.78, 5) is 14.9. The van der Waals surface area contributed by atoms with Gasteiger partial charge in [0.05, 0.1) is 7.11 Å². The minimum atomic E-state index is -0.723. The number of likely N-dealkylation sites (N-methyl/N-ethyl adjacent to an activating group) is 1. The van der Waals surface area contributed by atoms with Crippen molar-refractivity contribution in [1.29, 1.82) is 0 Å². The molecule has 0 fully saturated rings. The zero-order chi connectivity index (χ0) is 20.6. The maximum absolute atomic E-state index is 12.6. The lowest BCUT2D eigenvalue weighted by Gasteiger charge is -2.25. The third kappa shape index (κ3) is 5.32. The van der Waals surface area contributed by atoms with Crippen LogP contribution in [0.4, 0.5) is 5.69 Å². The van der Waals surface area contributed by atoms with Gasteiger partial charge in [-0.25, -0.2) is 0 Å². The van der Waals surface area contributed by atoms with E-state index in [9.17, 15) is 4.79 Å². The molecule has 1 aliphatic heterocycles. The Balaban J connectivity index is 1.62. The largest absolute Gasteiger partial charge is 0.493 e. The van der Waals surface area contributed by atoms with Crippen molar-refractivity contribution in [1.82, 2.24) is 4.90 Å². The minimum Gasteiger partial charge on any atom is -0.493 e. The average molecular weight is 400 g/mol. The van der Waals surface area contributed by atoms with Crippen LogP contribution in [0.1, 0.15) is 13.8 Å². The molecule has 1 aliphatic rings. The molecule has 7 heteroatoms. The van der Waals surface area contributed by atoms with Gasteiger partial charge < -0.3 is 29.2 Å². The highest BCUT2D eigenvalue weighted by molar-refractivity contribution is 5.95. The zero-order valence-corrected chi connectivity index (χ0v) is 17.1. The molecule has 0 radical (unpaired) electrons. The summed E-state index contributed by atoms with van der Waals surface area (Å²) in [5.74, 6) is 2.13. The molecule has 7 nitrogen and oxygen atoms in total. The molecule has 1 atom stereocenters. The van der Waals surface area contributed by atoms with Gasteiger partial charge in [0, 0.05) is 18.3 Å². The van der Waals surface area contributed by atoms with Crippen molar-refractivity contribution in [3.8, 4) is 23.0 Å². The normalized spacial score (nSPS) is 15.1. The van der Waals surface area contributed by atoms with Gasteiger partial charge in [0.15, 0.2) is 23.0 Å². The van der Waals surface area contributed by atoms with Crippen LogP contribution in [0.15, 0.2) is 42.5 Å². The summed E-state index contributed by atoms with van der Waals surface area (Å²) in [6.45, 7) is 7.70. The van der Waals surface area contributed by atoms with Crippen LogP contribution in [-0.2, 0) is 4.79 Å². The van der Waals surface area contributed by atoms with Gasteiger partial charge in [-0.15, -0.1) is 0 Å². The number of amides is 1. The molecule has 0 aromatic heterocycles. The minimum absolute atomic E-state index is 0.159. The van der Waals surface area contributed by atoms with E-state index in [0.717, 1.165) is 19.6 Å². The van der Waals surface area contributed by atoms with Crippen LogP contribution in [0.3, 0.4) is 0 Å². The second-order valence-corrected chi connectivity index (χ2v) is 6.59. The molecule has 0 spiro atoms. The number of methoxy groups -OCH3 is 1. The Morgan fingerprint density at radius 1 is 1.14 bits per heavy atom. The maximum Gasteiger partial charge on any atom is 0.269 e. The molecule has 2 aromatic carbocycles. The SMILES string of the molecule is CCN(CC)CCOc1cc(NC(=O)C2COc3ccccc3O2)ccc1OC. The van der Waals surface area contributed by atoms with Gasteiger partial charge in [-0.2, -0.15) is 0 Å². The quantitative estimate of drug-likeness (QED) is 0.697. The van der Waals surface area contributed by atoms with E-state index in [4.69, 9.17) is 18.9 Å². The number of carbonyl (C=O) groups is 1. The first kappa shape index (κ1) is 20.8. The predicted molar refractivity (Wildman–Crippen MR) is 111 cm³/mol. The Labute approximate surface area is 171 Å². The molecule has 1 N–H and O–H groups in total. The van der Waals surface area contributed by atoms with Gasteiger partial charge in [0.25, 0.3) is 5.91 Å². The van der Waals surface area contributed by atoms with Crippen molar-refractivity contribution in [2.24, 2.45) is 0 Å². The molecule has 1 heterocycles. The first-order chi connectivity index (χ1) is 14.1. The van der Waals surface area contributed by atoms with Gasteiger partial charge in [-0.3, -0.25) is 4.79 Å². The molecule has 156 valence electrons. The summed E-state index contributed by atoms with van der Waals surface area (Å²) in [7, 11) is 1.59. The van der Waals surface area contributed by atoms with E-state index >= 15 is 0 Å². The van der Waals surface area contributed by atoms with E-state index in [1.807, 2.05) is 18.2 Å². The molecule has 29 heavy (non-hydrogen) atoms. The highest BCUT2D eigenvalue weighted by atomic mass is 16.6. The molecule has 0 aliphatic carbocycles. The number of para-hydroxylation sites is 2. The van der Waals surface area contributed by atoms with E-state index in [2.05, 4.69) is 24.1 Å². The summed E-state index contributed by atoms with van der Waals surface area (Å²) in [6, 6.07) is 12.6. The fourth-order valence-corrected chi connectivity index (χ4v) is 3.06. The Bertz CT molecular complexity index is 823. The van der Waals surface area contributed by atoms with Gasteiger partial charge in [0.2, 0.25) is 6.10 Å². The number of benzene rings is 2. The number of nitrogens with one attached hydrogen (secondary N) is 1. The number of ether oxygens (including phenoxy) is 4. The predicted octanol–water partition coefficient (Wildman–Crippen LogP) is 3.19. The number of carbonyl (C=O) groups excluding carboxylic acids is 1. The Morgan fingerprint density at radius 2 is 1.90 bits per heavy atom. The smallest absolute Gasteiger partial charge is 0.269 e. The van der Waals surface area contributed by atoms with Crippen LogP contribution in [0.25, 0.3) is 0 Å². The van der Waals surface area contributed by atoms with Crippen molar-refractivity contribution in [2.75, 3.05) is 45.3 Å². The second-order valence-electron chi connectivity index (χ2n) is 6.59. The highest BCUT2D eigenvalue weighted by Gasteiger charge is 2.27. The molecule has 2 aromatic rings. The lowest BCUT2D eigenvalue weighted by atomic mass is 10.2. The second kappa shape index (κ2) is 10.0. The van der Waals surface area contributed by atoms with Crippen molar-refractivity contribution in [3.05, 3.63) is 42.5 Å². The molecule has 1 unspecified atom stereocenters. The standard InChI is InChI=1S/C22H28N2O5/c1-4-24(5-2)12-13-27-20-14-16(10-11-17(20)26-3)23-22(25)21-15-28-18-8-6-7-9-19(18)29-21/h6-11,14,21H,4-5,12-13,15H2,1-3H3,(H,23,25). The molecule has 0 bridgehead atoms. The highest BCUT2D eigenvalue weighted by Crippen LogP contribution is 2.32. The van der Waals surface area contributed by atoms with Crippen molar-refractivity contribution in [3.63, 3.8) is 0 Å². The van der Waals surface area contributed by atoms with E-state index in [1.54, 1.807) is 31.4 Å². The Hall–Kier alpha value is -2.93. The topological polar surface area (TPSA) is 69.3 Å². The van der Waals surface area contributed by atoms with Crippen LogP contribution in [0.2, 0.25) is 0 Å². The first-order valence-electron chi connectivity index (χ1n) is 9.87. The zero-order valence-electron chi connectivity index (χ0n) is 17.1. The lowest BCUT2D eigenvalue weighted by Crippen LogP contribution is -2.40. The molecule has 0 saturated carbocycles. The number of fused-ring (bicyclic) bond motifs is 1. The van der Waals surface area contributed by atoms with E-state index in [-0.39, 0.29) is 12.5 Å². The fourth-order valence-electron chi connectivity index (χ4n) is 3.06. The number of rotatable bonds is 9. The summed E-state index contributed by atoms with van der Waals surface area (Å²) in [6.07, 6.45) is -0.723. The van der Waals surface area contributed by atoms with Crippen molar-refractivity contribution >= 4 is 11.6 Å². The molecular weight excluding hydrogens is 372 g/mol. The van der Waals surface area contributed by atoms with Crippen LogP contribution in [0.5, 0.6) is 23.0 Å². The van der Waals surface area contributed by atoms with Crippen LogP contribution < -0.4 is 24.3 Å². The van der Waals surface area contributed by atoms with Crippen molar-refractivity contribution in [2.45, 2.75) is 20.0 Å². The van der Waals surface area contributed by atoms with E-state index in [1.165, 1.54) is 0 Å². The van der Waals surface area contributed by atoms with Gasteiger partial charge in [-0.05, 0) is 37.4 Å². The molecule has 0 saturated heterocycles. The van der Waals surface area contributed by atoms with E-state index in [0.29, 0.717) is 35.3 Å². The average Bonchev–Trinajstić information content (AvgIpc) is 2.76. The molecular formula is C22H28N2O5. The number of hydrogen-bond acceptors (Lipinski definition) is 6. The van der Waals surface area contributed by atoms with Crippen LogP contribution >= 0.6 is 0 Å². The van der Waals surface area contributed by atoms with E-state index < -0.39 is 6.10 Å². The van der Waals surface area contributed by atoms with Crippen LogP contribution in [-0.4, -0.2) is 56.9 Å². The van der Waals surface area contributed by atoms with Crippen molar-refractivity contribution < 1.29 is 23.7 Å². The summed E-state index contributed by atoms with van der Waals surface area (Å²) in [5.41, 5.74) is 0.607. The van der Waals surface area contributed by atoms with Crippen LogP contribution in [0, 0.1) is 0 Å². The molecule has 3 rings (SSSR count). The third-order valence-corrected chi connectivity index (χ3v) is 4.79. The number of anilines is 1. The van der Waals surface area contributed by atoms with Gasteiger partial charge in [0.1, 0.15) is 13.2 Å². The van der Waals surface area contributed by atoms with Gasteiger partial charge in [-0.1, -0.05) is 26.0 Å². The monoisotopic (exact) mass is 400 g/mol. The first-order valence-corrected chi connectivity index (χ1v) is 9.87. The third-order valence-electron chi connectivity index (χ3n) is 4.79. The number of hydrogen-bond donors (Lipinski definition) is 1. The molecule has 1 amide bonds. The fraction of sp³-hybridized carbons (Fsp3) is 0.409. The Morgan fingerprint density at radius 3 is 2.62 bits per heavy atom. The summed E-state index contributed by atoms with van der Waals surface area (Å²) in [5, 5.41) is 2.87. The lowest BCUT2D eigenvalue weighted by molar-refractivity contribution is -0.125. The summed E-state index contributed by atoms with van der Waals surface area (Å²) >= 11 is 0. The number of nitrogens with zero attached hydrogens (tertiary/aromatic N) is 1. The maximum atomic E-state index is 12.6. The van der Waals surface area contributed by atoms with Gasteiger partial charge >= 0.3 is 0 Å².